The summed E-state index contributed by atoms with van der Waals surface area (Å²) in [4.78, 5) is 11.0. The fourth-order valence-electron chi connectivity index (χ4n) is 1.55. The lowest BCUT2D eigenvalue weighted by Crippen LogP contribution is -2.49. The summed E-state index contributed by atoms with van der Waals surface area (Å²) in [7, 11) is 0. The summed E-state index contributed by atoms with van der Waals surface area (Å²) in [5.74, 6) is -3.80. The Morgan fingerprint density at radius 2 is 2.11 bits per heavy atom. The minimum Gasteiger partial charge on any atom is -0.443 e. The summed E-state index contributed by atoms with van der Waals surface area (Å²) < 4.78 is 44.4. The van der Waals surface area contributed by atoms with Gasteiger partial charge in [-0.15, -0.1) is 12.4 Å². The van der Waals surface area contributed by atoms with E-state index in [0.717, 1.165) is 12.1 Å². The summed E-state index contributed by atoms with van der Waals surface area (Å²) in [5.41, 5.74) is 0.105. The highest BCUT2D eigenvalue weighted by Crippen LogP contribution is 2.37. The summed E-state index contributed by atoms with van der Waals surface area (Å²) in [6, 6.07) is 1.78. The average molecular weight is 347 g/mol. The maximum atomic E-state index is 13.6. The second-order valence-electron chi connectivity index (χ2n) is 3.58. The first-order chi connectivity index (χ1) is 7.90. The summed E-state index contributed by atoms with van der Waals surface area (Å²) >= 11 is 2.99. The van der Waals surface area contributed by atoms with Crippen LogP contribution in [0.15, 0.2) is 22.7 Å². The minimum atomic E-state index is -3.24. The Labute approximate surface area is 115 Å². The molecule has 1 atom stereocenters. The van der Waals surface area contributed by atoms with Gasteiger partial charge in [-0.1, -0.05) is 22.0 Å². The number of hydrogen-bond acceptors (Lipinski definition) is 2. The highest BCUT2D eigenvalue weighted by atomic mass is 79.9. The smallest absolute Gasteiger partial charge is 0.408 e. The van der Waals surface area contributed by atoms with Crippen LogP contribution >= 0.6 is 28.3 Å². The molecule has 1 saturated heterocycles. The standard InChI is InChI=1S/C10H7BrF3NO2.ClH/c11-7-3-5(12)1-2-6(7)8-10(13,14)4-17-9(16)15-8;/h1-3,8H,4H2,(H,15,16);1H/t8-;/m0./s1. The molecule has 0 spiro atoms. The number of nitrogens with one attached hydrogen (secondary N) is 1. The molecule has 1 aromatic rings. The van der Waals surface area contributed by atoms with Crippen LogP contribution in [0.2, 0.25) is 0 Å². The van der Waals surface area contributed by atoms with E-state index in [1.165, 1.54) is 6.07 Å². The number of alkyl carbamates (subject to hydrolysis) is 1. The number of carbonyl (C=O) groups excluding carboxylic acids is 1. The van der Waals surface area contributed by atoms with Gasteiger partial charge in [-0.25, -0.2) is 18.0 Å². The van der Waals surface area contributed by atoms with E-state index in [-0.39, 0.29) is 22.4 Å². The van der Waals surface area contributed by atoms with Crippen molar-refractivity contribution in [3.05, 3.63) is 34.1 Å². The number of carbonyl (C=O) groups is 1. The zero-order valence-corrected chi connectivity index (χ0v) is 11.2. The first-order valence-corrected chi connectivity index (χ1v) is 5.45. The number of rotatable bonds is 1. The SMILES string of the molecule is Cl.O=C1N[C@@H](c2ccc(F)cc2Br)C(F)(F)CO1. The molecule has 1 aromatic carbocycles. The van der Waals surface area contributed by atoms with Crippen molar-refractivity contribution in [2.24, 2.45) is 0 Å². The van der Waals surface area contributed by atoms with Crippen molar-refractivity contribution in [2.75, 3.05) is 6.61 Å². The zero-order valence-electron chi connectivity index (χ0n) is 8.75. The van der Waals surface area contributed by atoms with Crippen LogP contribution in [0, 0.1) is 5.82 Å². The van der Waals surface area contributed by atoms with E-state index < -0.39 is 30.5 Å². The molecule has 1 aliphatic rings. The number of halogens is 5. The molecule has 1 N–H and O–H groups in total. The molecular formula is C10H8BrClF3NO2. The van der Waals surface area contributed by atoms with Crippen molar-refractivity contribution in [3.63, 3.8) is 0 Å². The Bertz CT molecular complexity index is 472. The Kier molecular flexibility index (Phi) is 4.50. The van der Waals surface area contributed by atoms with E-state index in [2.05, 4.69) is 20.7 Å². The van der Waals surface area contributed by atoms with Gasteiger partial charge in [-0.2, -0.15) is 0 Å². The normalized spacial score (nSPS) is 21.6. The third-order valence-corrected chi connectivity index (χ3v) is 3.04. The molecule has 8 heteroatoms. The van der Waals surface area contributed by atoms with Crippen LogP contribution in [-0.2, 0) is 4.74 Å². The quantitative estimate of drug-likeness (QED) is 0.846. The predicted octanol–water partition coefficient (Wildman–Crippen LogP) is 3.43. The van der Waals surface area contributed by atoms with Crippen molar-refractivity contribution in [1.82, 2.24) is 5.32 Å². The average Bonchev–Trinajstić information content (AvgIpc) is 2.23. The fourth-order valence-corrected chi connectivity index (χ4v) is 2.13. The van der Waals surface area contributed by atoms with Crippen molar-refractivity contribution < 1.29 is 22.7 Å². The van der Waals surface area contributed by atoms with E-state index in [0.29, 0.717) is 0 Å². The lowest BCUT2D eigenvalue weighted by atomic mass is 10.0. The molecule has 100 valence electrons. The number of benzene rings is 1. The number of ether oxygens (including phenoxy) is 1. The highest BCUT2D eigenvalue weighted by Gasteiger charge is 2.47. The largest absolute Gasteiger partial charge is 0.443 e. The van der Waals surface area contributed by atoms with Crippen molar-refractivity contribution in [2.45, 2.75) is 12.0 Å². The molecule has 0 radical (unpaired) electrons. The van der Waals surface area contributed by atoms with E-state index >= 15 is 0 Å². The molecule has 0 aliphatic carbocycles. The second-order valence-corrected chi connectivity index (χ2v) is 4.43. The molecule has 0 bridgehead atoms. The van der Waals surface area contributed by atoms with E-state index in [4.69, 9.17) is 0 Å². The number of amides is 1. The minimum absolute atomic E-state index is 0. The lowest BCUT2D eigenvalue weighted by Gasteiger charge is -2.32. The van der Waals surface area contributed by atoms with Gasteiger partial charge >= 0.3 is 12.0 Å². The van der Waals surface area contributed by atoms with Gasteiger partial charge in [-0.05, 0) is 17.7 Å². The highest BCUT2D eigenvalue weighted by molar-refractivity contribution is 9.10. The Hall–Kier alpha value is -0.950. The summed E-state index contributed by atoms with van der Waals surface area (Å²) in [5, 5.41) is 2.02. The van der Waals surface area contributed by atoms with Crippen LogP contribution < -0.4 is 5.32 Å². The van der Waals surface area contributed by atoms with Crippen LogP contribution in [0.1, 0.15) is 11.6 Å². The zero-order chi connectivity index (χ0) is 12.6. The first-order valence-electron chi connectivity index (χ1n) is 4.66. The first kappa shape index (κ1) is 15.1. The molecule has 0 unspecified atom stereocenters. The molecule has 1 aliphatic heterocycles. The van der Waals surface area contributed by atoms with Crippen molar-refractivity contribution in [3.8, 4) is 0 Å². The molecule has 1 fully saturated rings. The van der Waals surface area contributed by atoms with Gasteiger partial charge in [0.2, 0.25) is 0 Å². The fraction of sp³-hybridized carbons (Fsp3) is 0.300. The van der Waals surface area contributed by atoms with Crippen molar-refractivity contribution >= 4 is 34.4 Å². The van der Waals surface area contributed by atoms with Crippen LogP contribution in [0.3, 0.4) is 0 Å². The van der Waals surface area contributed by atoms with Gasteiger partial charge in [0.1, 0.15) is 11.9 Å². The Morgan fingerprint density at radius 1 is 1.44 bits per heavy atom. The molecule has 1 heterocycles. The summed E-state index contributed by atoms with van der Waals surface area (Å²) in [6.07, 6.45) is -0.919. The van der Waals surface area contributed by atoms with Crippen LogP contribution in [0.4, 0.5) is 18.0 Å². The second kappa shape index (κ2) is 5.36. The van der Waals surface area contributed by atoms with E-state index in [1.807, 2.05) is 5.32 Å². The lowest BCUT2D eigenvalue weighted by molar-refractivity contribution is -0.104. The number of hydrogen-bond donors (Lipinski definition) is 1. The Balaban J connectivity index is 0.00000162. The van der Waals surface area contributed by atoms with Crippen LogP contribution in [0.5, 0.6) is 0 Å². The van der Waals surface area contributed by atoms with Gasteiger partial charge in [-0.3, -0.25) is 0 Å². The molecule has 2 rings (SSSR count). The van der Waals surface area contributed by atoms with E-state index in [1.54, 1.807) is 0 Å². The third-order valence-electron chi connectivity index (χ3n) is 2.35. The number of cyclic esters (lactones) is 1. The molecule has 18 heavy (non-hydrogen) atoms. The monoisotopic (exact) mass is 345 g/mol. The van der Waals surface area contributed by atoms with Gasteiger partial charge in [0.25, 0.3) is 0 Å². The summed E-state index contributed by atoms with van der Waals surface area (Å²) in [6.45, 7) is -0.993. The van der Waals surface area contributed by atoms with Gasteiger partial charge in [0.05, 0.1) is 0 Å². The third kappa shape index (κ3) is 2.89. The van der Waals surface area contributed by atoms with E-state index in [9.17, 15) is 18.0 Å². The topological polar surface area (TPSA) is 38.3 Å². The molecule has 1 amide bonds. The maximum Gasteiger partial charge on any atom is 0.408 e. The maximum absolute atomic E-state index is 13.6. The number of alkyl halides is 2. The Morgan fingerprint density at radius 3 is 2.72 bits per heavy atom. The van der Waals surface area contributed by atoms with Crippen LogP contribution in [-0.4, -0.2) is 18.6 Å². The van der Waals surface area contributed by atoms with Crippen molar-refractivity contribution in [1.29, 1.82) is 0 Å². The van der Waals surface area contributed by atoms with Gasteiger partial charge in [0, 0.05) is 4.47 Å². The molecular weight excluding hydrogens is 338 g/mol. The molecule has 0 saturated carbocycles. The van der Waals surface area contributed by atoms with Crippen LogP contribution in [0.25, 0.3) is 0 Å². The molecule has 0 aromatic heterocycles. The van der Waals surface area contributed by atoms with Gasteiger partial charge < -0.3 is 10.1 Å². The molecule has 3 nitrogen and oxygen atoms in total. The van der Waals surface area contributed by atoms with Gasteiger partial charge in [0.15, 0.2) is 6.61 Å². The predicted molar refractivity (Wildman–Crippen MR) is 63.5 cm³/mol.